The highest BCUT2D eigenvalue weighted by molar-refractivity contribution is 5.20. The monoisotopic (exact) mass is 335 g/mol. The molecule has 0 radical (unpaired) electrons. The van der Waals surface area contributed by atoms with Crippen molar-refractivity contribution in [1.29, 1.82) is 0 Å². The van der Waals surface area contributed by atoms with Gasteiger partial charge in [0.25, 0.3) is 0 Å². The van der Waals surface area contributed by atoms with E-state index in [4.69, 9.17) is 9.26 Å². The van der Waals surface area contributed by atoms with Crippen molar-refractivity contribution in [3.8, 4) is 0 Å². The van der Waals surface area contributed by atoms with Crippen molar-refractivity contribution in [1.82, 2.24) is 15.0 Å². The Morgan fingerprint density at radius 3 is 2.46 bits per heavy atom. The lowest BCUT2D eigenvalue weighted by atomic mass is 9.88. The van der Waals surface area contributed by atoms with Crippen molar-refractivity contribution in [2.75, 3.05) is 39.3 Å². The van der Waals surface area contributed by atoms with Gasteiger partial charge in [-0.05, 0) is 32.6 Å². The van der Waals surface area contributed by atoms with E-state index in [9.17, 15) is 0 Å². The molecule has 1 aromatic rings. The second-order valence-electron chi connectivity index (χ2n) is 7.59. The second kappa shape index (κ2) is 8.45. The molecule has 1 saturated heterocycles. The van der Waals surface area contributed by atoms with E-state index in [2.05, 4.69) is 21.9 Å². The van der Waals surface area contributed by atoms with Crippen LogP contribution in [0.3, 0.4) is 0 Å². The molecule has 1 aromatic heterocycles. The van der Waals surface area contributed by atoms with Crippen molar-refractivity contribution in [3.05, 3.63) is 17.0 Å². The lowest BCUT2D eigenvalue weighted by molar-refractivity contribution is -0.0182. The first kappa shape index (κ1) is 17.9. The van der Waals surface area contributed by atoms with Crippen LogP contribution in [0.2, 0.25) is 0 Å². The standard InChI is InChI=1S/C19H33N3O2/c1-15-6-4-5-7-19(15)23-13-12-21-8-10-22(11-9-21)14-18-16(2)20-24-17(18)3/h15,19H,4-14H2,1-3H3/t15-,19-/m1/s1. The third-order valence-corrected chi connectivity index (χ3v) is 5.80. The predicted octanol–water partition coefficient (Wildman–Crippen LogP) is 3.00. The van der Waals surface area contributed by atoms with E-state index in [1.54, 1.807) is 0 Å². The van der Waals surface area contributed by atoms with Gasteiger partial charge in [-0.25, -0.2) is 0 Å². The lowest BCUT2D eigenvalue weighted by Crippen LogP contribution is -2.47. The Kier molecular flexibility index (Phi) is 6.31. The molecule has 2 aliphatic rings. The molecule has 2 atom stereocenters. The second-order valence-corrected chi connectivity index (χ2v) is 7.59. The highest BCUT2D eigenvalue weighted by Gasteiger charge is 2.23. The maximum Gasteiger partial charge on any atom is 0.138 e. The molecule has 2 heterocycles. The molecule has 1 aliphatic carbocycles. The normalized spacial score (nSPS) is 26.8. The Morgan fingerprint density at radius 2 is 1.79 bits per heavy atom. The van der Waals surface area contributed by atoms with E-state index < -0.39 is 0 Å². The van der Waals surface area contributed by atoms with E-state index >= 15 is 0 Å². The van der Waals surface area contributed by atoms with Gasteiger partial charge in [0.05, 0.1) is 18.4 Å². The van der Waals surface area contributed by atoms with Crippen LogP contribution in [0.1, 0.15) is 49.6 Å². The molecule has 0 N–H and O–H groups in total. The molecule has 0 unspecified atom stereocenters. The maximum absolute atomic E-state index is 6.17. The van der Waals surface area contributed by atoms with Gasteiger partial charge >= 0.3 is 0 Å². The Balaban J connectivity index is 1.35. The first-order chi connectivity index (χ1) is 11.6. The number of ether oxygens (including phenoxy) is 1. The molecular weight excluding hydrogens is 302 g/mol. The summed E-state index contributed by atoms with van der Waals surface area (Å²) in [4.78, 5) is 5.05. The number of piperazine rings is 1. The molecule has 5 nitrogen and oxygen atoms in total. The molecule has 3 rings (SSSR count). The van der Waals surface area contributed by atoms with Crippen molar-refractivity contribution in [2.45, 2.75) is 59.1 Å². The Labute approximate surface area is 146 Å². The van der Waals surface area contributed by atoms with Gasteiger partial charge in [-0.3, -0.25) is 9.80 Å². The van der Waals surface area contributed by atoms with E-state index in [1.807, 2.05) is 13.8 Å². The minimum absolute atomic E-state index is 0.500. The number of aromatic nitrogens is 1. The molecule has 5 heteroatoms. The lowest BCUT2D eigenvalue weighted by Gasteiger charge is -2.35. The van der Waals surface area contributed by atoms with Crippen molar-refractivity contribution in [3.63, 3.8) is 0 Å². The summed E-state index contributed by atoms with van der Waals surface area (Å²) in [6, 6.07) is 0. The Morgan fingerprint density at radius 1 is 1.08 bits per heavy atom. The zero-order chi connectivity index (χ0) is 16.9. The van der Waals surface area contributed by atoms with Gasteiger partial charge in [-0.15, -0.1) is 0 Å². The van der Waals surface area contributed by atoms with Gasteiger partial charge in [-0.2, -0.15) is 0 Å². The molecule has 0 spiro atoms. The quantitative estimate of drug-likeness (QED) is 0.799. The zero-order valence-corrected chi connectivity index (χ0v) is 15.6. The summed E-state index contributed by atoms with van der Waals surface area (Å²) in [5.74, 6) is 1.70. The fourth-order valence-corrected chi connectivity index (χ4v) is 3.99. The summed E-state index contributed by atoms with van der Waals surface area (Å²) in [5, 5.41) is 4.06. The van der Waals surface area contributed by atoms with Crippen LogP contribution in [0, 0.1) is 19.8 Å². The minimum atomic E-state index is 0.500. The third-order valence-electron chi connectivity index (χ3n) is 5.80. The number of aryl methyl sites for hydroxylation is 2. The molecule has 0 bridgehead atoms. The first-order valence-electron chi connectivity index (χ1n) is 9.61. The summed E-state index contributed by atoms with van der Waals surface area (Å²) >= 11 is 0. The van der Waals surface area contributed by atoms with Crippen LogP contribution in [0.15, 0.2) is 4.52 Å². The summed E-state index contributed by atoms with van der Waals surface area (Å²) in [7, 11) is 0. The topological polar surface area (TPSA) is 41.7 Å². The Bertz CT molecular complexity index is 489. The van der Waals surface area contributed by atoms with Crippen LogP contribution < -0.4 is 0 Å². The van der Waals surface area contributed by atoms with Gasteiger partial charge in [0.15, 0.2) is 0 Å². The van der Waals surface area contributed by atoms with E-state index in [0.717, 1.165) is 63.2 Å². The average Bonchev–Trinajstić information content (AvgIpc) is 2.90. The summed E-state index contributed by atoms with van der Waals surface area (Å²) in [6.07, 6.45) is 5.82. The van der Waals surface area contributed by atoms with Crippen LogP contribution >= 0.6 is 0 Å². The maximum atomic E-state index is 6.17. The molecular formula is C19H33N3O2. The van der Waals surface area contributed by atoms with Gasteiger partial charge in [0.1, 0.15) is 5.76 Å². The summed E-state index contributed by atoms with van der Waals surface area (Å²) in [5.41, 5.74) is 2.29. The molecule has 1 aliphatic heterocycles. The highest BCUT2D eigenvalue weighted by Crippen LogP contribution is 2.26. The molecule has 0 amide bonds. The number of hydrogen-bond acceptors (Lipinski definition) is 5. The molecule has 0 aromatic carbocycles. The van der Waals surface area contributed by atoms with Crippen LogP contribution in [0.5, 0.6) is 0 Å². The van der Waals surface area contributed by atoms with Crippen LogP contribution in [0.4, 0.5) is 0 Å². The predicted molar refractivity (Wildman–Crippen MR) is 95.1 cm³/mol. The smallest absolute Gasteiger partial charge is 0.138 e. The number of hydrogen-bond donors (Lipinski definition) is 0. The highest BCUT2D eigenvalue weighted by atomic mass is 16.5. The zero-order valence-electron chi connectivity index (χ0n) is 15.6. The fraction of sp³-hybridized carbons (Fsp3) is 0.842. The number of rotatable bonds is 6. The fourth-order valence-electron chi connectivity index (χ4n) is 3.99. The Hall–Kier alpha value is -0.910. The van der Waals surface area contributed by atoms with Crippen LogP contribution in [-0.4, -0.2) is 60.4 Å². The van der Waals surface area contributed by atoms with Gasteiger partial charge < -0.3 is 9.26 Å². The van der Waals surface area contributed by atoms with Crippen molar-refractivity contribution >= 4 is 0 Å². The van der Waals surface area contributed by atoms with Gasteiger partial charge in [0.2, 0.25) is 0 Å². The molecule has 136 valence electrons. The van der Waals surface area contributed by atoms with Crippen molar-refractivity contribution in [2.24, 2.45) is 5.92 Å². The third kappa shape index (κ3) is 4.58. The number of nitrogens with zero attached hydrogens (tertiary/aromatic N) is 3. The largest absolute Gasteiger partial charge is 0.377 e. The molecule has 2 fully saturated rings. The molecule has 1 saturated carbocycles. The van der Waals surface area contributed by atoms with E-state index in [-0.39, 0.29) is 0 Å². The van der Waals surface area contributed by atoms with Crippen molar-refractivity contribution < 1.29 is 9.26 Å². The molecule has 24 heavy (non-hydrogen) atoms. The van der Waals surface area contributed by atoms with Gasteiger partial charge in [0, 0.05) is 44.8 Å². The minimum Gasteiger partial charge on any atom is -0.377 e. The van der Waals surface area contributed by atoms with E-state index in [0.29, 0.717) is 6.10 Å². The van der Waals surface area contributed by atoms with Crippen LogP contribution in [0.25, 0.3) is 0 Å². The summed E-state index contributed by atoms with van der Waals surface area (Å²) < 4.78 is 11.4. The SMILES string of the molecule is Cc1noc(C)c1CN1CCN(CCO[C@@H]2CCCC[C@H]2C)CC1. The summed E-state index contributed by atoms with van der Waals surface area (Å²) in [6.45, 7) is 13.8. The average molecular weight is 335 g/mol. The first-order valence-corrected chi connectivity index (χ1v) is 9.61. The van der Waals surface area contributed by atoms with E-state index in [1.165, 1.54) is 31.2 Å². The van der Waals surface area contributed by atoms with Gasteiger partial charge in [-0.1, -0.05) is 24.9 Å². The van der Waals surface area contributed by atoms with Crippen LogP contribution in [-0.2, 0) is 11.3 Å².